The number of amides is 3. The molecule has 0 saturated carbocycles. The van der Waals surface area contributed by atoms with Crippen LogP contribution in [0, 0.1) is 0 Å². The molecule has 4 aromatic rings. The smallest absolute Gasteiger partial charge is 0.308 e. The van der Waals surface area contributed by atoms with Crippen LogP contribution < -0.4 is 9.80 Å². The van der Waals surface area contributed by atoms with Gasteiger partial charge in [-0.2, -0.15) is 13.2 Å². The zero-order valence-electron chi connectivity index (χ0n) is 19.4. The van der Waals surface area contributed by atoms with Crippen LogP contribution in [0.15, 0.2) is 78.9 Å². The highest BCUT2D eigenvalue weighted by atomic mass is 19.4. The number of hydrogen-bond donors (Lipinski definition) is 0. The monoisotopic (exact) mass is 500 g/mol. The van der Waals surface area contributed by atoms with Gasteiger partial charge in [-0.3, -0.25) is 14.4 Å². The third-order valence-corrected chi connectivity index (χ3v) is 6.93. The van der Waals surface area contributed by atoms with Crippen molar-refractivity contribution >= 4 is 39.9 Å². The predicted molar refractivity (Wildman–Crippen MR) is 133 cm³/mol. The zero-order chi connectivity index (χ0) is 25.9. The number of anilines is 2. The topological polar surface area (TPSA) is 57.7 Å². The van der Waals surface area contributed by atoms with E-state index in [0.717, 1.165) is 47.2 Å². The van der Waals surface area contributed by atoms with Crippen molar-refractivity contribution < 1.29 is 27.6 Å². The van der Waals surface area contributed by atoms with Crippen LogP contribution >= 0.6 is 0 Å². The van der Waals surface area contributed by atoms with Crippen molar-refractivity contribution in [2.24, 2.45) is 0 Å². The summed E-state index contributed by atoms with van der Waals surface area (Å²) in [6.07, 6.45) is -2.94. The minimum Gasteiger partial charge on any atom is -0.308 e. The molecule has 0 fully saturated rings. The molecule has 6 rings (SSSR count). The van der Waals surface area contributed by atoms with E-state index in [-0.39, 0.29) is 22.7 Å². The first kappa shape index (κ1) is 23.0. The van der Waals surface area contributed by atoms with Crippen LogP contribution in [0.25, 0.3) is 10.8 Å². The predicted octanol–water partition coefficient (Wildman–Crippen LogP) is 6.25. The number of benzene rings is 4. The first-order valence-corrected chi connectivity index (χ1v) is 11.8. The number of imide groups is 1. The molecule has 0 bridgehead atoms. The summed E-state index contributed by atoms with van der Waals surface area (Å²) in [7, 11) is 0. The molecule has 3 amide bonds. The summed E-state index contributed by atoms with van der Waals surface area (Å²) in [5.74, 6) is -1.72. The molecule has 0 atom stereocenters. The fourth-order valence-corrected chi connectivity index (χ4v) is 5.23. The molecule has 0 aliphatic carbocycles. The van der Waals surface area contributed by atoms with E-state index in [2.05, 4.69) is 0 Å². The number of para-hydroxylation sites is 1. The molecular weight excluding hydrogens is 481 g/mol. The van der Waals surface area contributed by atoms with E-state index in [1.165, 1.54) is 18.2 Å². The Balaban J connectivity index is 1.46. The van der Waals surface area contributed by atoms with Crippen LogP contribution in [0.3, 0.4) is 0 Å². The molecule has 0 spiro atoms. The number of nitrogens with zero attached hydrogens (tertiary/aromatic N) is 2. The highest BCUT2D eigenvalue weighted by molar-refractivity contribution is 6.37. The maximum atomic E-state index is 13.7. The Hall–Kier alpha value is -4.46. The van der Waals surface area contributed by atoms with Gasteiger partial charge in [0.1, 0.15) is 0 Å². The van der Waals surface area contributed by atoms with Crippen molar-refractivity contribution in [2.45, 2.75) is 19.0 Å². The lowest BCUT2D eigenvalue weighted by molar-refractivity contribution is -0.137. The molecule has 0 aromatic heterocycles. The number of fused-ring (bicyclic) bond motifs is 1. The molecule has 37 heavy (non-hydrogen) atoms. The molecule has 0 saturated heterocycles. The molecule has 5 nitrogen and oxygen atoms in total. The Labute approximate surface area is 209 Å². The third kappa shape index (κ3) is 3.59. The van der Waals surface area contributed by atoms with Crippen molar-refractivity contribution in [2.75, 3.05) is 16.3 Å². The molecule has 0 unspecified atom stereocenters. The van der Waals surface area contributed by atoms with Gasteiger partial charge in [0.15, 0.2) is 0 Å². The molecule has 0 radical (unpaired) electrons. The van der Waals surface area contributed by atoms with E-state index in [0.29, 0.717) is 22.9 Å². The summed E-state index contributed by atoms with van der Waals surface area (Å²) in [6, 6.07) is 19.7. The Kier molecular flexibility index (Phi) is 5.15. The first-order chi connectivity index (χ1) is 17.8. The van der Waals surface area contributed by atoms with Gasteiger partial charge in [0, 0.05) is 34.3 Å². The largest absolute Gasteiger partial charge is 0.416 e. The Morgan fingerprint density at radius 2 is 1.54 bits per heavy atom. The summed E-state index contributed by atoms with van der Waals surface area (Å²) in [5.41, 5.74) is 1.44. The van der Waals surface area contributed by atoms with E-state index in [4.69, 9.17) is 0 Å². The van der Waals surface area contributed by atoms with Crippen LogP contribution in [-0.4, -0.2) is 24.3 Å². The van der Waals surface area contributed by atoms with Crippen molar-refractivity contribution in [3.8, 4) is 0 Å². The maximum Gasteiger partial charge on any atom is 0.416 e. The van der Waals surface area contributed by atoms with E-state index >= 15 is 0 Å². The Morgan fingerprint density at radius 1 is 0.811 bits per heavy atom. The second-order valence-corrected chi connectivity index (χ2v) is 9.07. The molecule has 4 aromatic carbocycles. The van der Waals surface area contributed by atoms with Crippen LogP contribution in [-0.2, 0) is 12.6 Å². The summed E-state index contributed by atoms with van der Waals surface area (Å²) in [4.78, 5) is 43.1. The average Bonchev–Trinajstić information content (AvgIpc) is 2.90. The minimum absolute atomic E-state index is 0.151. The Morgan fingerprint density at radius 3 is 2.32 bits per heavy atom. The van der Waals surface area contributed by atoms with E-state index < -0.39 is 23.6 Å². The first-order valence-electron chi connectivity index (χ1n) is 11.8. The summed E-state index contributed by atoms with van der Waals surface area (Å²) in [5, 5.41) is 0.783. The van der Waals surface area contributed by atoms with Gasteiger partial charge in [0.2, 0.25) is 0 Å². The van der Waals surface area contributed by atoms with E-state index in [1.54, 1.807) is 23.1 Å². The maximum absolute atomic E-state index is 13.7. The normalized spacial score (nSPS) is 15.2. The van der Waals surface area contributed by atoms with Crippen LogP contribution in [0.4, 0.5) is 24.5 Å². The highest BCUT2D eigenvalue weighted by Crippen LogP contribution is 2.38. The van der Waals surface area contributed by atoms with Gasteiger partial charge in [-0.05, 0) is 66.3 Å². The molecule has 2 aliphatic heterocycles. The van der Waals surface area contributed by atoms with Gasteiger partial charge in [0.25, 0.3) is 17.7 Å². The van der Waals surface area contributed by atoms with E-state index in [9.17, 15) is 27.6 Å². The van der Waals surface area contributed by atoms with Gasteiger partial charge in [-0.15, -0.1) is 0 Å². The number of aryl methyl sites for hydroxylation is 1. The summed E-state index contributed by atoms with van der Waals surface area (Å²) >= 11 is 0. The fraction of sp³-hybridized carbons (Fsp3) is 0.138. The van der Waals surface area contributed by atoms with Gasteiger partial charge in [-0.1, -0.05) is 36.4 Å². The average molecular weight is 500 g/mol. The SMILES string of the molecule is O=C(c1ccc2c3c(cccc13)C(=O)N(c1cccc(C(F)(F)F)c1)C2=O)N1CCCc2ccccc21. The number of carbonyl (C=O) groups excluding carboxylic acids is 3. The molecular formula is C29H19F3N2O3. The molecule has 8 heteroatoms. The number of halogens is 3. The van der Waals surface area contributed by atoms with Crippen molar-refractivity contribution in [1.82, 2.24) is 0 Å². The zero-order valence-corrected chi connectivity index (χ0v) is 19.4. The highest BCUT2D eigenvalue weighted by Gasteiger charge is 2.37. The van der Waals surface area contributed by atoms with Crippen LogP contribution in [0.2, 0.25) is 0 Å². The fourth-order valence-electron chi connectivity index (χ4n) is 5.23. The summed E-state index contributed by atoms with van der Waals surface area (Å²) < 4.78 is 39.9. The molecule has 0 N–H and O–H groups in total. The van der Waals surface area contributed by atoms with Gasteiger partial charge in [-0.25, -0.2) is 4.90 Å². The molecule has 2 aliphatic rings. The minimum atomic E-state index is -4.63. The number of rotatable bonds is 2. The van der Waals surface area contributed by atoms with Crippen LogP contribution in [0.1, 0.15) is 48.6 Å². The van der Waals surface area contributed by atoms with Crippen molar-refractivity contribution in [3.05, 3.63) is 107 Å². The van der Waals surface area contributed by atoms with Gasteiger partial charge in [0.05, 0.1) is 11.3 Å². The number of hydrogen-bond acceptors (Lipinski definition) is 3. The van der Waals surface area contributed by atoms with Crippen molar-refractivity contribution in [1.29, 1.82) is 0 Å². The number of alkyl halides is 3. The second kappa shape index (κ2) is 8.30. The lowest BCUT2D eigenvalue weighted by atomic mass is 9.90. The van der Waals surface area contributed by atoms with Crippen molar-refractivity contribution in [3.63, 3.8) is 0 Å². The quantitative estimate of drug-likeness (QED) is 0.306. The lowest BCUT2D eigenvalue weighted by Gasteiger charge is -2.31. The Bertz CT molecular complexity index is 1600. The van der Waals surface area contributed by atoms with Gasteiger partial charge < -0.3 is 4.90 Å². The van der Waals surface area contributed by atoms with Crippen LogP contribution in [0.5, 0.6) is 0 Å². The standard InChI is InChI=1S/C29H19F3N2O3/c30-29(31,32)18-8-3-9-19(16-18)34-27(36)22-11-4-10-20-21(13-14-23(25(20)22)28(34)37)26(35)33-15-5-7-17-6-1-2-12-24(17)33/h1-4,6,8-14,16H,5,7,15H2. The lowest BCUT2D eigenvalue weighted by Crippen LogP contribution is -2.41. The second-order valence-electron chi connectivity index (χ2n) is 9.07. The van der Waals surface area contributed by atoms with Gasteiger partial charge >= 0.3 is 6.18 Å². The third-order valence-electron chi connectivity index (χ3n) is 6.93. The molecule has 2 heterocycles. The number of carbonyl (C=O) groups is 3. The summed E-state index contributed by atoms with van der Waals surface area (Å²) in [6.45, 7) is 0.542. The van der Waals surface area contributed by atoms with E-state index in [1.807, 2.05) is 24.3 Å². The molecule has 184 valence electrons.